The van der Waals surface area contributed by atoms with Crippen molar-refractivity contribution in [2.45, 2.75) is 24.8 Å². The molecule has 112 valence electrons. The van der Waals surface area contributed by atoms with E-state index in [-0.39, 0.29) is 6.04 Å². The Kier molecular flexibility index (Phi) is 5.11. The van der Waals surface area contributed by atoms with Gasteiger partial charge in [-0.15, -0.1) is 0 Å². The summed E-state index contributed by atoms with van der Waals surface area (Å²) in [7, 11) is -3.38. The Morgan fingerprint density at radius 2 is 2.05 bits per heavy atom. The first-order valence-electron chi connectivity index (χ1n) is 6.77. The molecule has 4 N–H and O–H groups in total. The van der Waals surface area contributed by atoms with Crippen molar-refractivity contribution in [3.8, 4) is 0 Å². The van der Waals surface area contributed by atoms with Crippen molar-refractivity contribution in [3.63, 3.8) is 0 Å². The molecule has 0 saturated carbocycles. The average molecular weight is 298 g/mol. The first-order valence-corrected chi connectivity index (χ1v) is 8.27. The predicted octanol–water partition coefficient (Wildman–Crippen LogP) is -0.358. The lowest BCUT2D eigenvalue weighted by Crippen LogP contribution is -2.45. The zero-order valence-electron chi connectivity index (χ0n) is 11.6. The minimum absolute atomic E-state index is 0.115. The SMILES string of the molecule is CC1NNCC1S(=O)(=O)N(CCN)Cc1ccccc1. The molecule has 7 heteroatoms. The normalized spacial score (nSPS) is 23.4. The van der Waals surface area contributed by atoms with E-state index in [4.69, 9.17) is 5.73 Å². The maximum atomic E-state index is 12.7. The number of nitrogens with two attached hydrogens (primary N) is 1. The van der Waals surface area contributed by atoms with Crippen molar-refractivity contribution in [1.29, 1.82) is 0 Å². The molecule has 0 radical (unpaired) electrons. The van der Waals surface area contributed by atoms with Gasteiger partial charge in [0, 0.05) is 32.2 Å². The highest BCUT2D eigenvalue weighted by Crippen LogP contribution is 2.17. The standard InChI is InChI=1S/C13H22N4O2S/c1-11-13(9-15-16-11)20(18,19)17(8-7-14)10-12-5-3-2-4-6-12/h2-6,11,13,15-16H,7-10,14H2,1H3. The summed E-state index contributed by atoms with van der Waals surface area (Å²) in [5, 5.41) is -0.460. The number of sulfonamides is 1. The van der Waals surface area contributed by atoms with Crippen LogP contribution in [0.3, 0.4) is 0 Å². The third kappa shape index (κ3) is 3.36. The van der Waals surface area contributed by atoms with Gasteiger partial charge in [0.1, 0.15) is 5.25 Å². The van der Waals surface area contributed by atoms with E-state index in [0.717, 1.165) is 5.56 Å². The van der Waals surface area contributed by atoms with Crippen molar-refractivity contribution in [2.24, 2.45) is 5.73 Å². The molecule has 1 aliphatic rings. The Morgan fingerprint density at radius 1 is 1.35 bits per heavy atom. The van der Waals surface area contributed by atoms with E-state index in [2.05, 4.69) is 10.9 Å². The van der Waals surface area contributed by atoms with Crippen LogP contribution in [0, 0.1) is 0 Å². The lowest BCUT2D eigenvalue weighted by atomic mass is 10.2. The maximum Gasteiger partial charge on any atom is 0.220 e. The van der Waals surface area contributed by atoms with Crippen molar-refractivity contribution in [2.75, 3.05) is 19.6 Å². The smallest absolute Gasteiger partial charge is 0.220 e. The number of hydrazine groups is 1. The highest BCUT2D eigenvalue weighted by molar-refractivity contribution is 7.89. The molecule has 1 aromatic carbocycles. The summed E-state index contributed by atoms with van der Waals surface area (Å²) in [5.41, 5.74) is 12.4. The second-order valence-corrected chi connectivity index (χ2v) is 7.16. The van der Waals surface area contributed by atoms with E-state index in [1.165, 1.54) is 4.31 Å². The Bertz CT molecular complexity index is 520. The number of hydrogen-bond acceptors (Lipinski definition) is 5. The fraction of sp³-hybridized carbons (Fsp3) is 0.538. The van der Waals surface area contributed by atoms with Gasteiger partial charge in [-0.3, -0.25) is 10.9 Å². The quantitative estimate of drug-likeness (QED) is 0.668. The summed E-state index contributed by atoms with van der Waals surface area (Å²) in [6.45, 7) is 3.29. The van der Waals surface area contributed by atoms with Gasteiger partial charge in [0.25, 0.3) is 0 Å². The fourth-order valence-electron chi connectivity index (χ4n) is 2.37. The van der Waals surface area contributed by atoms with E-state index in [1.807, 2.05) is 37.3 Å². The third-order valence-electron chi connectivity index (χ3n) is 3.51. The van der Waals surface area contributed by atoms with Gasteiger partial charge in [0.15, 0.2) is 0 Å². The summed E-state index contributed by atoms with van der Waals surface area (Å²) in [6.07, 6.45) is 0. The van der Waals surface area contributed by atoms with Crippen LogP contribution >= 0.6 is 0 Å². The number of benzene rings is 1. The minimum Gasteiger partial charge on any atom is -0.329 e. The summed E-state index contributed by atoms with van der Waals surface area (Å²) >= 11 is 0. The molecule has 1 aliphatic heterocycles. The van der Waals surface area contributed by atoms with Crippen molar-refractivity contribution >= 4 is 10.0 Å². The molecule has 0 aromatic heterocycles. The van der Waals surface area contributed by atoms with Crippen molar-refractivity contribution in [1.82, 2.24) is 15.2 Å². The topological polar surface area (TPSA) is 87.5 Å². The minimum atomic E-state index is -3.38. The average Bonchev–Trinajstić information content (AvgIpc) is 2.86. The maximum absolute atomic E-state index is 12.7. The molecule has 0 bridgehead atoms. The van der Waals surface area contributed by atoms with Gasteiger partial charge in [-0.05, 0) is 12.5 Å². The van der Waals surface area contributed by atoms with Crippen LogP contribution in [-0.4, -0.2) is 43.6 Å². The molecule has 1 fully saturated rings. The van der Waals surface area contributed by atoms with Gasteiger partial charge in [0.05, 0.1) is 0 Å². The van der Waals surface area contributed by atoms with E-state index >= 15 is 0 Å². The van der Waals surface area contributed by atoms with E-state index in [1.54, 1.807) is 0 Å². The third-order valence-corrected chi connectivity index (χ3v) is 5.88. The first kappa shape index (κ1) is 15.4. The number of nitrogens with zero attached hydrogens (tertiary/aromatic N) is 1. The van der Waals surface area contributed by atoms with E-state index < -0.39 is 15.3 Å². The molecule has 2 unspecified atom stereocenters. The van der Waals surface area contributed by atoms with Gasteiger partial charge in [-0.2, -0.15) is 4.31 Å². The Hall–Kier alpha value is -0.990. The van der Waals surface area contributed by atoms with Crippen LogP contribution in [0.25, 0.3) is 0 Å². The molecule has 0 amide bonds. The Balaban J connectivity index is 2.19. The molecular formula is C13H22N4O2S. The van der Waals surface area contributed by atoms with Crippen LogP contribution in [0.15, 0.2) is 30.3 Å². The molecule has 2 rings (SSSR count). The molecule has 0 spiro atoms. The largest absolute Gasteiger partial charge is 0.329 e. The highest BCUT2D eigenvalue weighted by Gasteiger charge is 2.38. The van der Waals surface area contributed by atoms with Gasteiger partial charge < -0.3 is 5.73 Å². The van der Waals surface area contributed by atoms with Crippen molar-refractivity contribution in [3.05, 3.63) is 35.9 Å². The Labute approximate surface area is 120 Å². The molecule has 2 atom stereocenters. The van der Waals surface area contributed by atoms with Crippen LogP contribution in [0.5, 0.6) is 0 Å². The summed E-state index contributed by atoms with van der Waals surface area (Å²) in [6, 6.07) is 9.46. The van der Waals surface area contributed by atoms with Crippen LogP contribution in [-0.2, 0) is 16.6 Å². The summed E-state index contributed by atoms with van der Waals surface area (Å²) in [5.74, 6) is 0. The molecule has 6 nitrogen and oxygen atoms in total. The highest BCUT2D eigenvalue weighted by atomic mass is 32.2. The number of rotatable bonds is 6. The van der Waals surface area contributed by atoms with E-state index in [0.29, 0.717) is 26.2 Å². The zero-order valence-corrected chi connectivity index (χ0v) is 12.4. The second-order valence-electron chi connectivity index (χ2n) is 5.01. The van der Waals surface area contributed by atoms with Crippen LogP contribution in [0.2, 0.25) is 0 Å². The Morgan fingerprint density at radius 3 is 2.60 bits per heavy atom. The molecule has 1 aromatic rings. The van der Waals surface area contributed by atoms with Crippen LogP contribution in [0.1, 0.15) is 12.5 Å². The lowest BCUT2D eigenvalue weighted by Gasteiger charge is -2.26. The lowest BCUT2D eigenvalue weighted by molar-refractivity contribution is 0.404. The number of hydrogen-bond donors (Lipinski definition) is 3. The van der Waals surface area contributed by atoms with Gasteiger partial charge in [-0.1, -0.05) is 30.3 Å². The fourth-order valence-corrected chi connectivity index (χ4v) is 4.32. The first-order chi connectivity index (χ1) is 9.55. The second kappa shape index (κ2) is 6.64. The van der Waals surface area contributed by atoms with Crippen LogP contribution < -0.4 is 16.6 Å². The molecular weight excluding hydrogens is 276 g/mol. The molecule has 1 heterocycles. The monoisotopic (exact) mass is 298 g/mol. The molecule has 1 saturated heterocycles. The van der Waals surface area contributed by atoms with Gasteiger partial charge in [-0.25, -0.2) is 8.42 Å². The van der Waals surface area contributed by atoms with Gasteiger partial charge >= 0.3 is 0 Å². The molecule has 20 heavy (non-hydrogen) atoms. The summed E-state index contributed by atoms with van der Waals surface area (Å²) in [4.78, 5) is 0. The predicted molar refractivity (Wildman–Crippen MR) is 79.2 cm³/mol. The van der Waals surface area contributed by atoms with E-state index in [9.17, 15) is 8.42 Å². The zero-order chi connectivity index (χ0) is 14.6. The number of nitrogens with one attached hydrogen (secondary N) is 2. The van der Waals surface area contributed by atoms with Gasteiger partial charge in [0.2, 0.25) is 10.0 Å². The molecule has 0 aliphatic carbocycles. The van der Waals surface area contributed by atoms with Crippen LogP contribution in [0.4, 0.5) is 0 Å². The van der Waals surface area contributed by atoms with Crippen molar-refractivity contribution < 1.29 is 8.42 Å². The summed E-state index contributed by atoms with van der Waals surface area (Å²) < 4.78 is 26.9.